The van der Waals surface area contributed by atoms with Crippen LogP contribution in [0, 0.1) is 5.92 Å². The number of benzene rings is 1. The van der Waals surface area contributed by atoms with Crippen LogP contribution in [0.4, 0.5) is 0 Å². The number of hydrogen-bond acceptors (Lipinski definition) is 2. The molecule has 16 heavy (non-hydrogen) atoms. The minimum Gasteiger partial charge on any atom is -0.336 e. The van der Waals surface area contributed by atoms with Gasteiger partial charge in [-0.1, -0.05) is 30.3 Å². The highest BCUT2D eigenvalue weighted by atomic mass is 32.1. The maximum absolute atomic E-state index is 11.9. The number of likely N-dealkylation sites (tertiary alicyclic amines) is 1. The third-order valence-corrected chi connectivity index (χ3v) is 3.76. The van der Waals surface area contributed by atoms with Crippen molar-refractivity contribution in [3.8, 4) is 0 Å². The van der Waals surface area contributed by atoms with Crippen LogP contribution < -0.4 is 0 Å². The maximum atomic E-state index is 11.9. The van der Waals surface area contributed by atoms with E-state index in [9.17, 15) is 4.79 Å². The SMILES string of the molecule is C[C@@H](c1ccccc1)N1CC(CS)CC1=O. The van der Waals surface area contributed by atoms with Gasteiger partial charge >= 0.3 is 0 Å². The Labute approximate surface area is 102 Å². The summed E-state index contributed by atoms with van der Waals surface area (Å²) >= 11 is 4.27. The summed E-state index contributed by atoms with van der Waals surface area (Å²) in [6.07, 6.45) is 0.653. The third kappa shape index (κ3) is 2.24. The second kappa shape index (κ2) is 4.91. The smallest absolute Gasteiger partial charge is 0.223 e. The third-order valence-electron chi connectivity index (χ3n) is 3.25. The van der Waals surface area contributed by atoms with Gasteiger partial charge in [0.1, 0.15) is 0 Å². The molecule has 2 rings (SSSR count). The lowest BCUT2D eigenvalue weighted by Gasteiger charge is -2.25. The summed E-state index contributed by atoms with van der Waals surface area (Å²) in [7, 11) is 0. The molecule has 1 aliphatic heterocycles. The predicted molar refractivity (Wildman–Crippen MR) is 68.5 cm³/mol. The molecule has 1 saturated heterocycles. The molecule has 1 aromatic carbocycles. The fourth-order valence-electron chi connectivity index (χ4n) is 2.22. The van der Waals surface area contributed by atoms with Crippen LogP contribution >= 0.6 is 12.6 Å². The summed E-state index contributed by atoms with van der Waals surface area (Å²) in [6, 6.07) is 10.4. The molecule has 0 aromatic heterocycles. The Morgan fingerprint density at radius 1 is 1.44 bits per heavy atom. The van der Waals surface area contributed by atoms with Gasteiger partial charge in [0, 0.05) is 13.0 Å². The number of rotatable bonds is 3. The van der Waals surface area contributed by atoms with Gasteiger partial charge in [0.25, 0.3) is 0 Å². The first kappa shape index (κ1) is 11.5. The van der Waals surface area contributed by atoms with E-state index >= 15 is 0 Å². The summed E-state index contributed by atoms with van der Waals surface area (Å²) in [4.78, 5) is 13.8. The topological polar surface area (TPSA) is 20.3 Å². The fraction of sp³-hybridized carbons (Fsp3) is 0.462. The molecule has 2 nitrogen and oxygen atoms in total. The number of carbonyl (C=O) groups excluding carboxylic acids is 1. The quantitative estimate of drug-likeness (QED) is 0.798. The molecule has 1 aromatic rings. The van der Waals surface area contributed by atoms with Gasteiger partial charge in [-0.05, 0) is 24.2 Å². The van der Waals surface area contributed by atoms with E-state index < -0.39 is 0 Å². The average Bonchev–Trinajstić information content (AvgIpc) is 2.71. The van der Waals surface area contributed by atoms with Crippen molar-refractivity contribution in [1.29, 1.82) is 0 Å². The highest BCUT2D eigenvalue weighted by Gasteiger charge is 2.32. The van der Waals surface area contributed by atoms with Crippen LogP contribution in [0.1, 0.15) is 24.9 Å². The van der Waals surface area contributed by atoms with Crippen molar-refractivity contribution < 1.29 is 4.79 Å². The Bertz CT molecular complexity index is 365. The molecular formula is C13H17NOS. The van der Waals surface area contributed by atoms with Crippen molar-refractivity contribution in [2.45, 2.75) is 19.4 Å². The zero-order valence-corrected chi connectivity index (χ0v) is 10.4. The first-order valence-electron chi connectivity index (χ1n) is 5.67. The Balaban J connectivity index is 2.11. The van der Waals surface area contributed by atoms with Crippen molar-refractivity contribution in [1.82, 2.24) is 4.90 Å². The lowest BCUT2D eigenvalue weighted by Crippen LogP contribution is -2.28. The monoisotopic (exact) mass is 235 g/mol. The summed E-state index contributed by atoms with van der Waals surface area (Å²) in [5.74, 6) is 1.47. The highest BCUT2D eigenvalue weighted by molar-refractivity contribution is 7.80. The molecule has 0 N–H and O–H groups in total. The van der Waals surface area contributed by atoms with Crippen LogP contribution in [-0.4, -0.2) is 23.1 Å². The van der Waals surface area contributed by atoms with E-state index in [1.807, 2.05) is 23.1 Å². The molecule has 2 atom stereocenters. The van der Waals surface area contributed by atoms with Crippen molar-refractivity contribution in [2.24, 2.45) is 5.92 Å². The zero-order valence-electron chi connectivity index (χ0n) is 9.47. The average molecular weight is 235 g/mol. The van der Waals surface area contributed by atoms with E-state index in [1.54, 1.807) is 0 Å². The predicted octanol–water partition coefficient (Wildman–Crippen LogP) is 2.53. The second-order valence-corrected chi connectivity index (χ2v) is 4.75. The Kier molecular flexibility index (Phi) is 3.54. The Morgan fingerprint density at radius 3 is 2.69 bits per heavy atom. The number of nitrogens with zero attached hydrogens (tertiary/aromatic N) is 1. The van der Waals surface area contributed by atoms with Gasteiger partial charge in [-0.3, -0.25) is 4.79 Å². The molecule has 1 aliphatic rings. The van der Waals surface area contributed by atoms with Crippen LogP contribution in [0.2, 0.25) is 0 Å². The van der Waals surface area contributed by atoms with Gasteiger partial charge in [-0.15, -0.1) is 0 Å². The normalized spacial score (nSPS) is 22.5. The molecule has 0 radical (unpaired) electrons. The minimum absolute atomic E-state index is 0.179. The van der Waals surface area contributed by atoms with Crippen LogP contribution in [0.5, 0.6) is 0 Å². The molecule has 1 unspecified atom stereocenters. The molecule has 0 aliphatic carbocycles. The summed E-state index contributed by atoms with van der Waals surface area (Å²) in [6.45, 7) is 2.94. The van der Waals surface area contributed by atoms with Crippen LogP contribution in [-0.2, 0) is 4.79 Å². The Morgan fingerprint density at radius 2 is 2.12 bits per heavy atom. The lowest BCUT2D eigenvalue weighted by molar-refractivity contribution is -0.129. The molecule has 1 heterocycles. The fourth-order valence-corrected chi connectivity index (χ4v) is 2.46. The minimum atomic E-state index is 0.179. The van der Waals surface area contributed by atoms with E-state index in [-0.39, 0.29) is 11.9 Å². The molecule has 86 valence electrons. The summed E-state index contributed by atoms with van der Waals surface area (Å²) in [5, 5.41) is 0. The molecule has 0 saturated carbocycles. The zero-order chi connectivity index (χ0) is 11.5. The first-order valence-corrected chi connectivity index (χ1v) is 6.31. The second-order valence-electron chi connectivity index (χ2n) is 4.39. The van der Waals surface area contributed by atoms with Gasteiger partial charge in [0.05, 0.1) is 6.04 Å². The maximum Gasteiger partial charge on any atom is 0.223 e. The van der Waals surface area contributed by atoms with Crippen molar-refractivity contribution in [2.75, 3.05) is 12.3 Å². The van der Waals surface area contributed by atoms with Crippen LogP contribution in [0.25, 0.3) is 0 Å². The summed E-state index contributed by atoms with van der Waals surface area (Å²) in [5.41, 5.74) is 1.20. The van der Waals surface area contributed by atoms with Crippen LogP contribution in [0.15, 0.2) is 30.3 Å². The molecule has 1 amide bonds. The number of hydrogen-bond donors (Lipinski definition) is 1. The Hall–Kier alpha value is -0.960. The van der Waals surface area contributed by atoms with Crippen molar-refractivity contribution in [3.63, 3.8) is 0 Å². The van der Waals surface area contributed by atoms with E-state index in [4.69, 9.17) is 0 Å². The van der Waals surface area contributed by atoms with Gasteiger partial charge < -0.3 is 4.90 Å². The molecule has 3 heteroatoms. The summed E-state index contributed by atoms with van der Waals surface area (Å²) < 4.78 is 0. The molecule has 0 bridgehead atoms. The first-order chi connectivity index (χ1) is 7.72. The van der Waals surface area contributed by atoms with Gasteiger partial charge in [-0.25, -0.2) is 0 Å². The van der Waals surface area contributed by atoms with Crippen molar-refractivity contribution >= 4 is 18.5 Å². The highest BCUT2D eigenvalue weighted by Crippen LogP contribution is 2.28. The lowest BCUT2D eigenvalue weighted by atomic mass is 10.1. The number of amides is 1. The largest absolute Gasteiger partial charge is 0.336 e. The van der Waals surface area contributed by atoms with Crippen LogP contribution in [0.3, 0.4) is 0 Å². The molecule has 0 spiro atoms. The standard InChI is InChI=1S/C13H17NOS/c1-10(12-5-3-2-4-6-12)14-8-11(9-16)7-13(14)15/h2-6,10-11,16H,7-9H2,1H3/t10-,11?/m0/s1. The molecule has 1 fully saturated rings. The van der Waals surface area contributed by atoms with E-state index in [0.29, 0.717) is 12.3 Å². The number of thiol groups is 1. The van der Waals surface area contributed by atoms with E-state index in [0.717, 1.165) is 12.3 Å². The molecular weight excluding hydrogens is 218 g/mol. The van der Waals surface area contributed by atoms with Gasteiger partial charge in [-0.2, -0.15) is 12.6 Å². The van der Waals surface area contributed by atoms with E-state index in [2.05, 4.69) is 31.7 Å². The van der Waals surface area contributed by atoms with Gasteiger partial charge in [0.2, 0.25) is 5.91 Å². The van der Waals surface area contributed by atoms with Gasteiger partial charge in [0.15, 0.2) is 0 Å². The van der Waals surface area contributed by atoms with Crippen molar-refractivity contribution in [3.05, 3.63) is 35.9 Å². The number of carbonyl (C=O) groups is 1. The van der Waals surface area contributed by atoms with E-state index in [1.165, 1.54) is 5.56 Å².